The average molecular weight is 239 g/mol. The van der Waals surface area contributed by atoms with Gasteiger partial charge in [-0.15, -0.1) is 0 Å². The van der Waals surface area contributed by atoms with Crippen LogP contribution in [0.2, 0.25) is 0 Å². The van der Waals surface area contributed by atoms with Gasteiger partial charge in [0.05, 0.1) is 18.4 Å². The maximum absolute atomic E-state index is 13.1. The Kier molecular flexibility index (Phi) is 5.46. The van der Waals surface area contributed by atoms with Crippen molar-refractivity contribution in [2.75, 3.05) is 19.0 Å². The fraction of sp³-hybridized carbons (Fsp3) is 0.462. The Balaban J connectivity index is 2.73. The SMILES string of the molecule is CCCCCNc1cc(F)ccc1C(=O)OC. The molecule has 0 heterocycles. The summed E-state index contributed by atoms with van der Waals surface area (Å²) in [5.74, 6) is -0.821. The van der Waals surface area contributed by atoms with Gasteiger partial charge in [0, 0.05) is 6.54 Å². The van der Waals surface area contributed by atoms with E-state index in [0.717, 1.165) is 25.8 Å². The number of unbranched alkanes of at least 4 members (excludes halogenated alkanes) is 2. The van der Waals surface area contributed by atoms with E-state index in [4.69, 9.17) is 0 Å². The number of rotatable bonds is 6. The molecule has 1 N–H and O–H groups in total. The number of carbonyl (C=O) groups is 1. The molecule has 0 radical (unpaired) electrons. The van der Waals surface area contributed by atoms with Crippen LogP contribution in [-0.2, 0) is 4.74 Å². The molecule has 1 aromatic carbocycles. The quantitative estimate of drug-likeness (QED) is 0.612. The second-order valence-electron chi connectivity index (χ2n) is 3.82. The third-order valence-electron chi connectivity index (χ3n) is 2.48. The van der Waals surface area contributed by atoms with Crippen molar-refractivity contribution in [1.29, 1.82) is 0 Å². The minimum atomic E-state index is -0.456. The van der Waals surface area contributed by atoms with E-state index in [0.29, 0.717) is 11.3 Å². The van der Waals surface area contributed by atoms with Gasteiger partial charge in [-0.2, -0.15) is 0 Å². The highest BCUT2D eigenvalue weighted by Crippen LogP contribution is 2.18. The lowest BCUT2D eigenvalue weighted by atomic mass is 10.1. The zero-order valence-electron chi connectivity index (χ0n) is 10.3. The second-order valence-corrected chi connectivity index (χ2v) is 3.82. The van der Waals surface area contributed by atoms with Crippen LogP contribution in [0.5, 0.6) is 0 Å². The van der Waals surface area contributed by atoms with Crippen LogP contribution in [0, 0.1) is 5.82 Å². The van der Waals surface area contributed by atoms with E-state index in [1.54, 1.807) is 0 Å². The zero-order valence-corrected chi connectivity index (χ0v) is 10.3. The van der Waals surface area contributed by atoms with E-state index >= 15 is 0 Å². The number of esters is 1. The van der Waals surface area contributed by atoms with Crippen molar-refractivity contribution in [2.45, 2.75) is 26.2 Å². The molecular formula is C13H18FNO2. The standard InChI is InChI=1S/C13H18FNO2/c1-3-4-5-8-15-12-9-10(14)6-7-11(12)13(16)17-2/h6-7,9,15H,3-5,8H2,1-2H3. The van der Waals surface area contributed by atoms with Crippen molar-refractivity contribution in [1.82, 2.24) is 0 Å². The van der Waals surface area contributed by atoms with E-state index in [1.165, 1.54) is 25.3 Å². The molecular weight excluding hydrogens is 221 g/mol. The highest BCUT2D eigenvalue weighted by Gasteiger charge is 2.11. The molecule has 0 aliphatic carbocycles. The molecule has 0 saturated heterocycles. The number of hydrogen-bond donors (Lipinski definition) is 1. The lowest BCUT2D eigenvalue weighted by Crippen LogP contribution is -2.09. The minimum absolute atomic E-state index is 0.365. The van der Waals surface area contributed by atoms with Gasteiger partial charge in [-0.25, -0.2) is 9.18 Å². The van der Waals surface area contributed by atoms with Gasteiger partial charge >= 0.3 is 5.97 Å². The smallest absolute Gasteiger partial charge is 0.339 e. The number of anilines is 1. The maximum Gasteiger partial charge on any atom is 0.339 e. The maximum atomic E-state index is 13.1. The van der Waals surface area contributed by atoms with E-state index in [-0.39, 0.29) is 5.82 Å². The summed E-state index contributed by atoms with van der Waals surface area (Å²) in [6.07, 6.45) is 3.22. The van der Waals surface area contributed by atoms with E-state index in [9.17, 15) is 9.18 Å². The third kappa shape index (κ3) is 4.06. The van der Waals surface area contributed by atoms with Crippen molar-refractivity contribution in [3.8, 4) is 0 Å². The van der Waals surface area contributed by atoms with Crippen LogP contribution in [0.4, 0.5) is 10.1 Å². The van der Waals surface area contributed by atoms with Crippen molar-refractivity contribution >= 4 is 11.7 Å². The van der Waals surface area contributed by atoms with Gasteiger partial charge in [-0.1, -0.05) is 19.8 Å². The van der Waals surface area contributed by atoms with E-state index in [1.807, 2.05) is 0 Å². The molecule has 0 unspecified atom stereocenters. The molecule has 94 valence electrons. The van der Waals surface area contributed by atoms with Crippen LogP contribution in [0.1, 0.15) is 36.5 Å². The predicted molar refractivity (Wildman–Crippen MR) is 65.8 cm³/mol. The summed E-state index contributed by atoms with van der Waals surface area (Å²) < 4.78 is 17.7. The Morgan fingerprint density at radius 1 is 1.41 bits per heavy atom. The normalized spacial score (nSPS) is 10.1. The first kappa shape index (κ1) is 13.5. The topological polar surface area (TPSA) is 38.3 Å². The largest absolute Gasteiger partial charge is 0.465 e. The minimum Gasteiger partial charge on any atom is -0.465 e. The first-order valence-corrected chi connectivity index (χ1v) is 5.80. The molecule has 0 fully saturated rings. The second kappa shape index (κ2) is 6.89. The Labute approximate surface area is 101 Å². The van der Waals surface area contributed by atoms with Crippen LogP contribution in [0.25, 0.3) is 0 Å². The highest BCUT2D eigenvalue weighted by atomic mass is 19.1. The summed E-state index contributed by atoms with van der Waals surface area (Å²) in [7, 11) is 1.31. The molecule has 0 spiro atoms. The molecule has 0 atom stereocenters. The highest BCUT2D eigenvalue weighted by molar-refractivity contribution is 5.95. The van der Waals surface area contributed by atoms with Crippen LogP contribution >= 0.6 is 0 Å². The number of benzene rings is 1. The third-order valence-corrected chi connectivity index (χ3v) is 2.48. The van der Waals surface area contributed by atoms with Gasteiger partial charge in [0.2, 0.25) is 0 Å². The molecule has 0 aliphatic heterocycles. The number of nitrogens with one attached hydrogen (secondary N) is 1. The number of halogens is 1. The van der Waals surface area contributed by atoms with E-state index in [2.05, 4.69) is 17.0 Å². The van der Waals surface area contributed by atoms with Crippen LogP contribution in [0.3, 0.4) is 0 Å². The molecule has 0 aromatic heterocycles. The van der Waals surface area contributed by atoms with Gasteiger partial charge < -0.3 is 10.1 Å². The monoisotopic (exact) mass is 239 g/mol. The van der Waals surface area contributed by atoms with Crippen molar-refractivity contribution in [3.63, 3.8) is 0 Å². The molecule has 4 heteroatoms. The number of ether oxygens (including phenoxy) is 1. The number of hydrogen-bond acceptors (Lipinski definition) is 3. The summed E-state index contributed by atoms with van der Waals surface area (Å²) in [6.45, 7) is 2.84. The first-order chi connectivity index (χ1) is 8.19. The van der Waals surface area contributed by atoms with Gasteiger partial charge in [-0.3, -0.25) is 0 Å². The average Bonchev–Trinajstić information content (AvgIpc) is 2.34. The van der Waals surface area contributed by atoms with Crippen LogP contribution in [0.15, 0.2) is 18.2 Å². The van der Waals surface area contributed by atoms with Crippen LogP contribution in [-0.4, -0.2) is 19.6 Å². The Hall–Kier alpha value is -1.58. The molecule has 0 bridgehead atoms. The van der Waals surface area contributed by atoms with Crippen molar-refractivity contribution in [2.24, 2.45) is 0 Å². The van der Waals surface area contributed by atoms with Gasteiger partial charge in [0.25, 0.3) is 0 Å². The summed E-state index contributed by atoms with van der Waals surface area (Å²) in [5, 5.41) is 3.06. The van der Waals surface area contributed by atoms with Gasteiger partial charge in [0.1, 0.15) is 5.82 Å². The molecule has 0 saturated carbocycles. The van der Waals surface area contributed by atoms with Gasteiger partial charge in [0.15, 0.2) is 0 Å². The Bertz CT molecular complexity index is 380. The number of carbonyl (C=O) groups excluding carboxylic acids is 1. The molecule has 0 amide bonds. The van der Waals surface area contributed by atoms with Crippen molar-refractivity contribution < 1.29 is 13.9 Å². The predicted octanol–water partition coefficient (Wildman–Crippen LogP) is 3.21. The first-order valence-electron chi connectivity index (χ1n) is 5.80. The Morgan fingerprint density at radius 2 is 2.18 bits per heavy atom. The van der Waals surface area contributed by atoms with Crippen LogP contribution < -0.4 is 5.32 Å². The number of methoxy groups -OCH3 is 1. The molecule has 1 rings (SSSR count). The summed E-state index contributed by atoms with van der Waals surface area (Å²) in [4.78, 5) is 11.4. The van der Waals surface area contributed by atoms with Crippen molar-refractivity contribution in [3.05, 3.63) is 29.6 Å². The van der Waals surface area contributed by atoms with E-state index < -0.39 is 5.97 Å². The summed E-state index contributed by atoms with van der Waals surface area (Å²) in [6, 6.07) is 4.00. The Morgan fingerprint density at radius 3 is 2.82 bits per heavy atom. The fourth-order valence-electron chi connectivity index (χ4n) is 1.55. The molecule has 17 heavy (non-hydrogen) atoms. The lowest BCUT2D eigenvalue weighted by molar-refractivity contribution is 0.0602. The lowest BCUT2D eigenvalue weighted by Gasteiger charge is -2.10. The fourth-order valence-corrected chi connectivity index (χ4v) is 1.55. The molecule has 1 aromatic rings. The zero-order chi connectivity index (χ0) is 12.7. The molecule has 0 aliphatic rings. The summed E-state index contributed by atoms with van der Waals surface area (Å²) in [5.41, 5.74) is 0.860. The molecule has 3 nitrogen and oxygen atoms in total. The van der Waals surface area contributed by atoms with Gasteiger partial charge in [-0.05, 0) is 24.6 Å². The summed E-state index contributed by atoms with van der Waals surface area (Å²) >= 11 is 0.